The van der Waals surface area contributed by atoms with Crippen molar-refractivity contribution in [1.29, 1.82) is 0 Å². The fourth-order valence-electron chi connectivity index (χ4n) is 1.64. The van der Waals surface area contributed by atoms with E-state index in [2.05, 4.69) is 15.9 Å². The second-order valence-electron chi connectivity index (χ2n) is 4.26. The summed E-state index contributed by atoms with van der Waals surface area (Å²) in [6, 6.07) is 9.52. The molecule has 0 bridgehead atoms. The van der Waals surface area contributed by atoms with Crippen LogP contribution in [0, 0.1) is 5.82 Å². The zero-order valence-electron chi connectivity index (χ0n) is 11.0. The van der Waals surface area contributed by atoms with Crippen LogP contribution in [0.25, 0.3) is 0 Å². The lowest BCUT2D eigenvalue weighted by Crippen LogP contribution is -1.97. The number of nitrogen functional groups attached to an aromatic ring is 1. The molecule has 0 saturated heterocycles. The molecule has 3 nitrogen and oxygen atoms in total. The predicted octanol–water partition coefficient (Wildman–Crippen LogP) is 4.75. The summed E-state index contributed by atoms with van der Waals surface area (Å²) in [7, 11) is 0. The van der Waals surface area contributed by atoms with E-state index in [9.17, 15) is 4.39 Å². The van der Waals surface area contributed by atoms with E-state index < -0.39 is 5.82 Å². The van der Waals surface area contributed by atoms with Crippen LogP contribution in [0.15, 0.2) is 40.9 Å². The van der Waals surface area contributed by atoms with E-state index in [1.165, 1.54) is 6.07 Å². The Hall–Kier alpha value is -1.75. The molecule has 0 aromatic heterocycles. The molecule has 2 rings (SSSR count). The first-order chi connectivity index (χ1) is 9.58. The number of halogens is 2. The van der Waals surface area contributed by atoms with Gasteiger partial charge in [0, 0.05) is 28.4 Å². The van der Waals surface area contributed by atoms with Crippen LogP contribution in [0.3, 0.4) is 0 Å². The SMILES string of the molecule is CCCOc1cc(N)cc(Oc2cc(Br)ccc2F)c1. The molecule has 0 fully saturated rings. The van der Waals surface area contributed by atoms with Crippen LogP contribution in [-0.2, 0) is 0 Å². The molecule has 0 atom stereocenters. The van der Waals surface area contributed by atoms with E-state index in [0.29, 0.717) is 23.8 Å². The summed E-state index contributed by atoms with van der Waals surface area (Å²) in [5.74, 6) is 0.739. The highest BCUT2D eigenvalue weighted by Gasteiger charge is 2.07. The molecule has 0 aliphatic heterocycles. The summed E-state index contributed by atoms with van der Waals surface area (Å²) in [5, 5.41) is 0. The average Bonchev–Trinajstić information content (AvgIpc) is 2.40. The van der Waals surface area contributed by atoms with Crippen LogP contribution in [0.4, 0.5) is 10.1 Å². The van der Waals surface area contributed by atoms with Crippen LogP contribution < -0.4 is 15.2 Å². The number of benzene rings is 2. The summed E-state index contributed by atoms with van der Waals surface area (Å²) in [4.78, 5) is 0. The normalized spacial score (nSPS) is 10.3. The third-order valence-corrected chi connectivity index (χ3v) is 2.99. The lowest BCUT2D eigenvalue weighted by molar-refractivity contribution is 0.316. The molecule has 0 radical (unpaired) electrons. The monoisotopic (exact) mass is 339 g/mol. The van der Waals surface area contributed by atoms with Gasteiger partial charge in [-0.3, -0.25) is 0 Å². The van der Waals surface area contributed by atoms with Crippen molar-refractivity contribution in [2.24, 2.45) is 0 Å². The maximum Gasteiger partial charge on any atom is 0.165 e. The Kier molecular flexibility index (Phi) is 4.84. The van der Waals surface area contributed by atoms with Gasteiger partial charge in [0.25, 0.3) is 0 Å². The van der Waals surface area contributed by atoms with Crippen molar-refractivity contribution in [2.45, 2.75) is 13.3 Å². The minimum absolute atomic E-state index is 0.131. The summed E-state index contributed by atoms with van der Waals surface area (Å²) in [5.41, 5.74) is 6.29. The molecule has 0 heterocycles. The molecule has 2 aromatic rings. The molecule has 0 saturated carbocycles. The van der Waals surface area contributed by atoms with Crippen molar-refractivity contribution >= 4 is 21.6 Å². The van der Waals surface area contributed by atoms with E-state index in [1.54, 1.807) is 30.3 Å². The van der Waals surface area contributed by atoms with Crippen LogP contribution in [0.2, 0.25) is 0 Å². The third kappa shape index (κ3) is 3.87. The third-order valence-electron chi connectivity index (χ3n) is 2.50. The molecule has 106 valence electrons. The van der Waals surface area contributed by atoms with Crippen molar-refractivity contribution in [1.82, 2.24) is 0 Å². The first kappa shape index (κ1) is 14.7. The van der Waals surface area contributed by atoms with Crippen LogP contribution >= 0.6 is 15.9 Å². The molecule has 0 aliphatic carbocycles. The molecule has 0 aliphatic rings. The molecule has 0 unspecified atom stereocenters. The number of rotatable bonds is 5. The quantitative estimate of drug-likeness (QED) is 0.799. The smallest absolute Gasteiger partial charge is 0.165 e. The molecule has 2 aromatic carbocycles. The summed E-state index contributed by atoms with van der Waals surface area (Å²) >= 11 is 3.28. The first-order valence-electron chi connectivity index (χ1n) is 6.24. The Labute approximate surface area is 125 Å². The Bertz CT molecular complexity index is 604. The molecule has 0 amide bonds. The largest absolute Gasteiger partial charge is 0.493 e. The lowest BCUT2D eigenvalue weighted by Gasteiger charge is -2.11. The van der Waals surface area contributed by atoms with E-state index >= 15 is 0 Å². The van der Waals surface area contributed by atoms with E-state index in [1.807, 2.05) is 6.92 Å². The van der Waals surface area contributed by atoms with Crippen molar-refractivity contribution in [3.8, 4) is 17.2 Å². The van der Waals surface area contributed by atoms with Gasteiger partial charge in [0.2, 0.25) is 0 Å². The molecule has 20 heavy (non-hydrogen) atoms. The Balaban J connectivity index is 2.24. The summed E-state index contributed by atoms with van der Waals surface area (Å²) < 4.78 is 25.4. The van der Waals surface area contributed by atoms with Gasteiger partial charge < -0.3 is 15.2 Å². The van der Waals surface area contributed by atoms with Crippen molar-refractivity contribution in [3.05, 3.63) is 46.7 Å². The molecular formula is C15H15BrFNO2. The number of anilines is 1. The summed E-state index contributed by atoms with van der Waals surface area (Å²) in [6.45, 7) is 2.61. The lowest BCUT2D eigenvalue weighted by atomic mass is 10.2. The first-order valence-corrected chi connectivity index (χ1v) is 7.04. The van der Waals surface area contributed by atoms with Gasteiger partial charge in [-0.15, -0.1) is 0 Å². The van der Waals surface area contributed by atoms with Gasteiger partial charge in [-0.2, -0.15) is 0 Å². The summed E-state index contributed by atoms with van der Waals surface area (Å²) in [6.07, 6.45) is 0.894. The number of hydrogen-bond acceptors (Lipinski definition) is 3. The molecule has 2 N–H and O–H groups in total. The van der Waals surface area contributed by atoms with Gasteiger partial charge >= 0.3 is 0 Å². The average molecular weight is 340 g/mol. The van der Waals surface area contributed by atoms with Crippen LogP contribution in [0.5, 0.6) is 17.2 Å². The van der Waals surface area contributed by atoms with Crippen LogP contribution in [0.1, 0.15) is 13.3 Å². The fraction of sp³-hybridized carbons (Fsp3) is 0.200. The maximum absolute atomic E-state index is 13.7. The zero-order valence-corrected chi connectivity index (χ0v) is 12.6. The van der Waals surface area contributed by atoms with Gasteiger partial charge in [0.15, 0.2) is 11.6 Å². The standard InChI is InChI=1S/C15H15BrFNO2/c1-2-5-19-12-7-11(18)8-13(9-12)20-15-6-10(16)3-4-14(15)17/h3-4,6-9H,2,5,18H2,1H3. The van der Waals surface area contributed by atoms with Crippen molar-refractivity contribution < 1.29 is 13.9 Å². The van der Waals surface area contributed by atoms with Gasteiger partial charge in [0.1, 0.15) is 11.5 Å². The van der Waals surface area contributed by atoms with E-state index in [-0.39, 0.29) is 5.75 Å². The minimum atomic E-state index is -0.438. The molecular weight excluding hydrogens is 325 g/mol. The van der Waals surface area contributed by atoms with E-state index in [0.717, 1.165) is 10.9 Å². The van der Waals surface area contributed by atoms with E-state index in [4.69, 9.17) is 15.2 Å². The van der Waals surface area contributed by atoms with Crippen molar-refractivity contribution in [3.63, 3.8) is 0 Å². The van der Waals surface area contributed by atoms with Gasteiger partial charge in [0.05, 0.1) is 6.61 Å². The Morgan fingerprint density at radius 3 is 2.65 bits per heavy atom. The highest BCUT2D eigenvalue weighted by atomic mass is 79.9. The van der Waals surface area contributed by atoms with Crippen LogP contribution in [-0.4, -0.2) is 6.61 Å². The Morgan fingerprint density at radius 1 is 1.15 bits per heavy atom. The topological polar surface area (TPSA) is 44.5 Å². The maximum atomic E-state index is 13.7. The number of nitrogens with two attached hydrogens (primary N) is 1. The second-order valence-corrected chi connectivity index (χ2v) is 5.18. The fourth-order valence-corrected chi connectivity index (χ4v) is 1.98. The minimum Gasteiger partial charge on any atom is -0.493 e. The van der Waals surface area contributed by atoms with Gasteiger partial charge in [-0.25, -0.2) is 4.39 Å². The number of hydrogen-bond donors (Lipinski definition) is 1. The number of ether oxygens (including phenoxy) is 2. The molecule has 5 heteroatoms. The van der Waals surface area contributed by atoms with Crippen molar-refractivity contribution in [2.75, 3.05) is 12.3 Å². The molecule has 0 spiro atoms. The second kappa shape index (κ2) is 6.61. The zero-order chi connectivity index (χ0) is 14.5. The van der Waals surface area contributed by atoms with Gasteiger partial charge in [-0.1, -0.05) is 22.9 Å². The highest BCUT2D eigenvalue weighted by Crippen LogP contribution is 2.31. The predicted molar refractivity (Wildman–Crippen MR) is 80.8 cm³/mol. The Morgan fingerprint density at radius 2 is 1.90 bits per heavy atom. The van der Waals surface area contributed by atoms with Gasteiger partial charge in [-0.05, 0) is 24.6 Å². The highest BCUT2D eigenvalue weighted by molar-refractivity contribution is 9.10.